The van der Waals surface area contributed by atoms with E-state index in [4.69, 9.17) is 4.42 Å². The van der Waals surface area contributed by atoms with Crippen molar-refractivity contribution in [1.82, 2.24) is 0 Å². The molecule has 0 bridgehead atoms. The van der Waals surface area contributed by atoms with Gasteiger partial charge in [0.15, 0.2) is 0 Å². The molecule has 392 valence electrons. The SMILES string of the molecule is Cc1cc(-c2ccccc2)cc(-c2ccccc2)c1.Cc1ccc(-c2ccccc2)cc1.Cc1cccc(-c2ccccc2)c1.Cc1cccc2c1oc1ccccc12.Cc1cccc2c1sc1ccccc12.Cc1ccccc1. The van der Waals surface area contributed by atoms with Crippen molar-refractivity contribution in [3.63, 3.8) is 0 Å². The largest absolute Gasteiger partial charge is 0.456 e. The van der Waals surface area contributed by atoms with Crippen molar-refractivity contribution in [3.05, 3.63) is 337 Å². The minimum atomic E-state index is 0.969. The number of hydrogen-bond acceptors (Lipinski definition) is 2. The Morgan fingerprint density at radius 2 is 0.625 bits per heavy atom. The topological polar surface area (TPSA) is 13.1 Å². The summed E-state index contributed by atoms with van der Waals surface area (Å²) in [6, 6.07) is 106. The van der Waals surface area contributed by atoms with Gasteiger partial charge in [-0.2, -0.15) is 0 Å². The molecule has 0 radical (unpaired) electrons. The number of benzene rings is 12. The molecule has 0 unspecified atom stereocenters. The molecule has 1 nitrogen and oxygen atoms in total. The van der Waals surface area contributed by atoms with Crippen LogP contribution in [0, 0.1) is 41.5 Å². The lowest BCUT2D eigenvalue weighted by Crippen LogP contribution is -1.84. The first kappa shape index (κ1) is 55.4. The third-order valence-electron chi connectivity index (χ3n) is 13.7. The van der Waals surface area contributed by atoms with Crippen molar-refractivity contribution >= 4 is 53.4 Å². The van der Waals surface area contributed by atoms with Gasteiger partial charge in [-0.1, -0.05) is 302 Å². The van der Waals surface area contributed by atoms with Crippen molar-refractivity contribution < 1.29 is 4.42 Å². The average Bonchev–Trinajstić information content (AvgIpc) is 4.15. The van der Waals surface area contributed by atoms with Gasteiger partial charge in [0.1, 0.15) is 11.2 Å². The Labute approximate surface area is 477 Å². The smallest absolute Gasteiger partial charge is 0.138 e. The standard InChI is InChI=1S/C19H16.C13H10O.C13H10S.2C13H12.C7H8/c1-15-12-18(16-8-4-2-5-9-16)14-19(13-15)17-10-6-3-7-11-17;2*1-9-5-4-7-11-10-6-2-3-8-12(10)14-13(9)11;1-11-6-5-9-13(10-11)12-7-3-2-4-8-12;1-11-7-9-13(10-8-11)12-5-3-2-4-6-12;1-7-5-3-2-4-6-7/h2-14H,1H3;2*2-8H,1H3;2*2-10H,1H3;2-6H,1H3. The zero-order valence-corrected chi connectivity index (χ0v) is 47.5. The maximum Gasteiger partial charge on any atom is 0.138 e. The highest BCUT2D eigenvalue weighted by Gasteiger charge is 2.08. The molecule has 0 N–H and O–H groups in total. The normalized spacial score (nSPS) is 10.4. The molecule has 14 rings (SSSR count). The second kappa shape index (κ2) is 27.8. The van der Waals surface area contributed by atoms with Crippen LogP contribution in [0.15, 0.2) is 308 Å². The summed E-state index contributed by atoms with van der Waals surface area (Å²) >= 11 is 1.89. The molecule has 0 saturated carbocycles. The van der Waals surface area contributed by atoms with Crippen LogP contribution >= 0.6 is 11.3 Å². The second-order valence-electron chi connectivity index (χ2n) is 20.0. The van der Waals surface area contributed by atoms with Crippen LogP contribution in [-0.2, 0) is 0 Å². The average molecular weight is 1050 g/mol. The molecule has 0 amide bonds. The number of fused-ring (bicyclic) bond motifs is 6. The zero-order valence-electron chi connectivity index (χ0n) is 46.7. The van der Waals surface area contributed by atoms with E-state index in [0.717, 1.165) is 11.2 Å². The molecular weight excluding hydrogens is 985 g/mol. The van der Waals surface area contributed by atoms with E-state index < -0.39 is 0 Å². The molecular formula is C78H68OS. The molecule has 0 fully saturated rings. The summed E-state index contributed by atoms with van der Waals surface area (Å²) in [4.78, 5) is 0. The molecule has 0 spiro atoms. The first-order valence-electron chi connectivity index (χ1n) is 27.4. The van der Waals surface area contributed by atoms with Gasteiger partial charge < -0.3 is 4.42 Å². The minimum Gasteiger partial charge on any atom is -0.456 e. The Bertz CT molecular complexity index is 3970. The molecule has 0 aliphatic heterocycles. The van der Waals surface area contributed by atoms with Gasteiger partial charge in [-0.25, -0.2) is 0 Å². The molecule has 0 aliphatic rings. The summed E-state index contributed by atoms with van der Waals surface area (Å²) in [5, 5.41) is 5.19. The lowest BCUT2D eigenvalue weighted by molar-refractivity contribution is 0.666. The highest BCUT2D eigenvalue weighted by atomic mass is 32.1. The van der Waals surface area contributed by atoms with E-state index in [1.165, 1.54) is 109 Å². The van der Waals surface area contributed by atoms with E-state index in [-0.39, 0.29) is 0 Å². The first-order chi connectivity index (χ1) is 39.2. The van der Waals surface area contributed by atoms with Crippen molar-refractivity contribution in [3.8, 4) is 44.5 Å². The quantitative estimate of drug-likeness (QED) is 0.171. The molecule has 2 aromatic heterocycles. The Balaban J connectivity index is 0.000000118. The number of hydrogen-bond donors (Lipinski definition) is 0. The maximum absolute atomic E-state index is 5.78. The van der Waals surface area contributed by atoms with E-state index >= 15 is 0 Å². The predicted molar refractivity (Wildman–Crippen MR) is 349 cm³/mol. The summed E-state index contributed by atoms with van der Waals surface area (Å²) in [5.41, 5.74) is 20.0. The summed E-state index contributed by atoms with van der Waals surface area (Å²) in [5.74, 6) is 0. The molecule has 80 heavy (non-hydrogen) atoms. The fourth-order valence-electron chi connectivity index (χ4n) is 9.52. The molecule has 14 aromatic rings. The molecule has 0 atom stereocenters. The Kier molecular flexibility index (Phi) is 19.3. The summed E-state index contributed by atoms with van der Waals surface area (Å²) in [7, 11) is 0. The second-order valence-corrected chi connectivity index (χ2v) is 21.1. The lowest BCUT2D eigenvalue weighted by Gasteiger charge is -2.08. The minimum absolute atomic E-state index is 0.969. The van der Waals surface area contributed by atoms with Crippen LogP contribution in [0.5, 0.6) is 0 Å². The molecule has 2 heterocycles. The molecule has 0 aliphatic carbocycles. The van der Waals surface area contributed by atoms with Crippen LogP contribution in [0.1, 0.15) is 33.4 Å². The monoisotopic (exact) mass is 1050 g/mol. The summed E-state index contributed by atoms with van der Waals surface area (Å²) in [6.07, 6.45) is 0. The van der Waals surface area contributed by atoms with Crippen LogP contribution in [0.4, 0.5) is 0 Å². The third-order valence-corrected chi connectivity index (χ3v) is 15.0. The third kappa shape index (κ3) is 15.0. The van der Waals surface area contributed by atoms with Gasteiger partial charge in [0.05, 0.1) is 0 Å². The van der Waals surface area contributed by atoms with E-state index in [9.17, 15) is 0 Å². The van der Waals surface area contributed by atoms with E-state index in [0.29, 0.717) is 0 Å². The van der Waals surface area contributed by atoms with E-state index in [1.54, 1.807) is 0 Å². The summed E-state index contributed by atoms with van der Waals surface area (Å²) < 4.78 is 8.59. The van der Waals surface area contributed by atoms with E-state index in [1.807, 2.05) is 59.9 Å². The number of thiophene rings is 1. The summed E-state index contributed by atoms with van der Waals surface area (Å²) in [6.45, 7) is 12.7. The number of rotatable bonds is 4. The van der Waals surface area contributed by atoms with Crippen molar-refractivity contribution in [2.24, 2.45) is 0 Å². The predicted octanol–water partition coefficient (Wildman–Crippen LogP) is 22.9. The Morgan fingerprint density at radius 3 is 1.18 bits per heavy atom. The van der Waals surface area contributed by atoms with Gasteiger partial charge in [-0.3, -0.25) is 0 Å². The fourth-order valence-corrected chi connectivity index (χ4v) is 10.7. The highest BCUT2D eigenvalue weighted by molar-refractivity contribution is 7.26. The highest BCUT2D eigenvalue weighted by Crippen LogP contribution is 2.35. The van der Waals surface area contributed by atoms with Gasteiger partial charge >= 0.3 is 0 Å². The number of aryl methyl sites for hydroxylation is 6. The number of para-hydroxylation sites is 2. The van der Waals surface area contributed by atoms with Gasteiger partial charge in [-0.15, -0.1) is 11.3 Å². The zero-order chi connectivity index (χ0) is 55.5. The van der Waals surface area contributed by atoms with Gasteiger partial charge in [-0.05, 0) is 121 Å². The van der Waals surface area contributed by atoms with Crippen LogP contribution < -0.4 is 0 Å². The number of furan rings is 1. The van der Waals surface area contributed by atoms with E-state index in [2.05, 4.69) is 296 Å². The lowest BCUT2D eigenvalue weighted by atomic mass is 9.97. The van der Waals surface area contributed by atoms with Crippen molar-refractivity contribution in [1.29, 1.82) is 0 Å². The van der Waals surface area contributed by atoms with Crippen molar-refractivity contribution in [2.45, 2.75) is 41.5 Å². The van der Waals surface area contributed by atoms with Gasteiger partial charge in [0.2, 0.25) is 0 Å². The van der Waals surface area contributed by atoms with Crippen LogP contribution in [-0.4, -0.2) is 0 Å². The Morgan fingerprint density at radius 1 is 0.237 bits per heavy atom. The van der Waals surface area contributed by atoms with Gasteiger partial charge in [0.25, 0.3) is 0 Å². The molecule has 2 heteroatoms. The van der Waals surface area contributed by atoms with Crippen LogP contribution in [0.25, 0.3) is 86.6 Å². The van der Waals surface area contributed by atoms with Gasteiger partial charge in [0, 0.05) is 30.9 Å². The fraction of sp³-hybridized carbons (Fsp3) is 0.0769. The van der Waals surface area contributed by atoms with Crippen LogP contribution in [0.2, 0.25) is 0 Å². The maximum atomic E-state index is 5.78. The van der Waals surface area contributed by atoms with Crippen molar-refractivity contribution in [2.75, 3.05) is 0 Å². The molecule has 12 aromatic carbocycles. The molecule has 0 saturated heterocycles. The first-order valence-corrected chi connectivity index (χ1v) is 28.2. The Hall–Kier alpha value is -9.34. The van der Waals surface area contributed by atoms with Crippen LogP contribution in [0.3, 0.4) is 0 Å².